The molecule has 0 spiro atoms. The van der Waals surface area contributed by atoms with Gasteiger partial charge in [0.25, 0.3) is 0 Å². The van der Waals surface area contributed by atoms with Crippen LogP contribution in [0.1, 0.15) is 72.6 Å². The topological polar surface area (TPSA) is 376 Å². The third kappa shape index (κ3) is 20.3. The predicted octanol–water partition coefficient (Wildman–Crippen LogP) is -4.07. The molecule has 0 aliphatic rings. The standard InChI is InChI=1S/C32H54N8O14S/c1-14(2)9-19(38-30(51)21(11-25(45)46)37-26(47)16(33)13-55)28(49)35-17(5-7-23(34)42)27(48)40-22(12-41)31(52)39-20(10-15(3)4)29(50)36-18(32(53)54)6-8-24(43)44/h14-22,41,55H,5-13,33H2,1-4H3,(H2,34,42)(H,35,49)(H,36,50)(H,37,47)(H,38,51)(H,39,52)(H,40,48)(H,43,44)(H,45,46)(H,53,54). The molecule has 0 rings (SSSR count). The molecule has 14 N–H and O–H groups in total. The molecule has 0 heterocycles. The number of amides is 7. The molecular formula is C32H54N8O14S. The van der Waals surface area contributed by atoms with Crippen LogP contribution in [-0.2, 0) is 47.9 Å². The normalized spacial score (nSPS) is 14.9. The fraction of sp³-hybridized carbons (Fsp3) is 0.688. The third-order valence-corrected chi connectivity index (χ3v) is 8.01. The highest BCUT2D eigenvalue weighted by Crippen LogP contribution is 2.10. The van der Waals surface area contributed by atoms with Crippen LogP contribution in [0.3, 0.4) is 0 Å². The Labute approximate surface area is 322 Å². The van der Waals surface area contributed by atoms with Gasteiger partial charge in [0.1, 0.15) is 36.3 Å². The van der Waals surface area contributed by atoms with Crippen LogP contribution in [0, 0.1) is 11.8 Å². The van der Waals surface area contributed by atoms with Crippen molar-refractivity contribution in [3.05, 3.63) is 0 Å². The molecule has 23 heteroatoms. The van der Waals surface area contributed by atoms with Crippen molar-refractivity contribution in [3.8, 4) is 0 Å². The molecule has 0 aromatic rings. The molecule has 0 saturated carbocycles. The summed E-state index contributed by atoms with van der Waals surface area (Å²) in [5, 5.41) is 51.3. The van der Waals surface area contributed by atoms with Gasteiger partial charge < -0.3 is 63.8 Å². The van der Waals surface area contributed by atoms with Crippen LogP contribution in [0.15, 0.2) is 0 Å². The van der Waals surface area contributed by atoms with E-state index in [0.717, 1.165) is 0 Å². The van der Waals surface area contributed by atoms with Gasteiger partial charge in [0.2, 0.25) is 41.4 Å². The van der Waals surface area contributed by atoms with Gasteiger partial charge in [-0.2, -0.15) is 12.6 Å². The number of thiol groups is 1. The largest absolute Gasteiger partial charge is 0.481 e. The van der Waals surface area contributed by atoms with E-state index in [1.54, 1.807) is 27.7 Å². The SMILES string of the molecule is CC(C)CC(NC(=O)C(CO)NC(=O)C(CCC(N)=O)NC(=O)C(CC(C)C)NC(=O)C(CC(=O)O)NC(=O)C(N)CS)C(=O)NC(CCC(=O)O)C(=O)O. The lowest BCUT2D eigenvalue weighted by molar-refractivity contribution is -0.143. The Hall–Kier alpha value is -5.03. The van der Waals surface area contributed by atoms with Crippen LogP contribution >= 0.6 is 12.6 Å². The number of hydrogen-bond acceptors (Lipinski definition) is 13. The summed E-state index contributed by atoms with van der Waals surface area (Å²) in [7, 11) is 0. The van der Waals surface area contributed by atoms with E-state index >= 15 is 0 Å². The molecule has 0 bridgehead atoms. The molecule has 0 saturated heterocycles. The first-order chi connectivity index (χ1) is 25.5. The Kier molecular flexibility index (Phi) is 22.8. The maximum Gasteiger partial charge on any atom is 0.326 e. The van der Waals surface area contributed by atoms with Crippen LogP contribution in [0.2, 0.25) is 0 Å². The van der Waals surface area contributed by atoms with E-state index < -0.39 is 140 Å². The summed E-state index contributed by atoms with van der Waals surface area (Å²) < 4.78 is 0. The quantitative estimate of drug-likeness (QED) is 0.0351. The molecule has 312 valence electrons. The zero-order valence-electron chi connectivity index (χ0n) is 31.0. The predicted molar refractivity (Wildman–Crippen MR) is 195 cm³/mol. The van der Waals surface area contributed by atoms with Crippen molar-refractivity contribution in [2.24, 2.45) is 23.3 Å². The Morgan fingerprint density at radius 2 is 0.927 bits per heavy atom. The Bertz CT molecular complexity index is 1400. The van der Waals surface area contributed by atoms with Crippen LogP contribution in [0.4, 0.5) is 0 Å². The number of hydrogen-bond donors (Lipinski definition) is 13. The lowest BCUT2D eigenvalue weighted by Crippen LogP contribution is -2.60. The number of carboxylic acid groups (broad SMARTS) is 3. The minimum absolute atomic E-state index is 0.0474. The molecule has 7 amide bonds. The second kappa shape index (κ2) is 25.1. The van der Waals surface area contributed by atoms with Crippen LogP contribution in [0.5, 0.6) is 0 Å². The van der Waals surface area contributed by atoms with E-state index in [-0.39, 0.29) is 30.4 Å². The summed E-state index contributed by atoms with van der Waals surface area (Å²) in [6, 6.07) is -10.7. The smallest absolute Gasteiger partial charge is 0.326 e. The number of nitrogens with one attached hydrogen (secondary N) is 6. The van der Waals surface area contributed by atoms with Gasteiger partial charge in [-0.05, 0) is 37.5 Å². The highest BCUT2D eigenvalue weighted by atomic mass is 32.1. The summed E-state index contributed by atoms with van der Waals surface area (Å²) in [4.78, 5) is 124. The van der Waals surface area contributed by atoms with Gasteiger partial charge in [0, 0.05) is 18.6 Å². The molecule has 0 aromatic carbocycles. The zero-order chi connectivity index (χ0) is 42.6. The summed E-state index contributed by atoms with van der Waals surface area (Å²) in [6.45, 7) is 5.68. The number of aliphatic hydroxyl groups is 1. The fourth-order valence-corrected chi connectivity index (χ4v) is 4.95. The van der Waals surface area contributed by atoms with Gasteiger partial charge in [-0.25, -0.2) is 4.79 Å². The molecule has 0 aromatic heterocycles. The van der Waals surface area contributed by atoms with Gasteiger partial charge in [-0.3, -0.25) is 43.2 Å². The van der Waals surface area contributed by atoms with Crippen molar-refractivity contribution >= 4 is 71.9 Å². The van der Waals surface area contributed by atoms with Crippen molar-refractivity contribution in [1.82, 2.24) is 31.9 Å². The maximum absolute atomic E-state index is 13.5. The molecule has 7 atom stereocenters. The lowest BCUT2D eigenvalue weighted by Gasteiger charge is -2.27. The summed E-state index contributed by atoms with van der Waals surface area (Å²) in [6.07, 6.45) is -2.93. The number of rotatable bonds is 27. The molecule has 0 radical (unpaired) electrons. The second-order valence-corrected chi connectivity index (χ2v) is 13.8. The van der Waals surface area contributed by atoms with Gasteiger partial charge in [-0.15, -0.1) is 0 Å². The highest BCUT2D eigenvalue weighted by Gasteiger charge is 2.34. The molecule has 7 unspecified atom stereocenters. The van der Waals surface area contributed by atoms with Crippen LogP contribution < -0.4 is 43.4 Å². The molecule has 0 aliphatic carbocycles. The Morgan fingerprint density at radius 3 is 1.33 bits per heavy atom. The van der Waals surface area contributed by atoms with Crippen LogP contribution in [0.25, 0.3) is 0 Å². The number of primary amides is 1. The first-order valence-electron chi connectivity index (χ1n) is 17.3. The number of carboxylic acids is 3. The average Bonchev–Trinajstić information content (AvgIpc) is 3.07. The number of aliphatic hydroxyl groups excluding tert-OH is 1. The molecule has 22 nitrogen and oxygen atoms in total. The van der Waals surface area contributed by atoms with E-state index in [9.17, 15) is 63.3 Å². The van der Waals surface area contributed by atoms with Crippen LogP contribution in [-0.4, -0.2) is 134 Å². The Balaban J connectivity index is 6.21. The summed E-state index contributed by atoms with van der Waals surface area (Å²) >= 11 is 3.89. The highest BCUT2D eigenvalue weighted by molar-refractivity contribution is 7.80. The monoisotopic (exact) mass is 806 g/mol. The van der Waals surface area contributed by atoms with E-state index in [1.807, 2.05) is 0 Å². The summed E-state index contributed by atoms with van der Waals surface area (Å²) in [5.74, 6) is -12.0. The summed E-state index contributed by atoms with van der Waals surface area (Å²) in [5.41, 5.74) is 10.9. The molecule has 0 fully saturated rings. The first-order valence-corrected chi connectivity index (χ1v) is 17.9. The minimum atomic E-state index is -1.76. The fourth-order valence-electron chi connectivity index (χ4n) is 4.79. The van der Waals surface area contributed by atoms with Gasteiger partial charge in [0.05, 0.1) is 19.1 Å². The van der Waals surface area contributed by atoms with E-state index in [1.165, 1.54) is 0 Å². The maximum atomic E-state index is 13.5. The van der Waals surface area contributed by atoms with E-state index in [2.05, 4.69) is 44.5 Å². The van der Waals surface area contributed by atoms with Gasteiger partial charge >= 0.3 is 17.9 Å². The van der Waals surface area contributed by atoms with Gasteiger partial charge in [0.15, 0.2) is 0 Å². The number of carbonyl (C=O) groups excluding carboxylic acids is 7. The van der Waals surface area contributed by atoms with E-state index in [0.29, 0.717) is 0 Å². The molecular weight excluding hydrogens is 752 g/mol. The average molecular weight is 807 g/mol. The number of carbonyl (C=O) groups is 10. The van der Waals surface area contributed by atoms with Crippen molar-refractivity contribution in [3.63, 3.8) is 0 Å². The second-order valence-electron chi connectivity index (χ2n) is 13.5. The van der Waals surface area contributed by atoms with Crippen molar-refractivity contribution < 1.29 is 68.4 Å². The Morgan fingerprint density at radius 1 is 0.545 bits per heavy atom. The zero-order valence-corrected chi connectivity index (χ0v) is 31.9. The van der Waals surface area contributed by atoms with Gasteiger partial charge in [-0.1, -0.05) is 27.7 Å². The van der Waals surface area contributed by atoms with Crippen molar-refractivity contribution in [1.29, 1.82) is 0 Å². The number of nitrogens with two attached hydrogens (primary N) is 2. The molecule has 55 heavy (non-hydrogen) atoms. The third-order valence-electron chi connectivity index (χ3n) is 7.61. The van der Waals surface area contributed by atoms with E-state index in [4.69, 9.17) is 16.6 Å². The first kappa shape index (κ1) is 50.0. The number of aliphatic carboxylic acids is 3. The van der Waals surface area contributed by atoms with Crippen molar-refractivity contribution in [2.75, 3.05) is 12.4 Å². The molecule has 0 aliphatic heterocycles. The van der Waals surface area contributed by atoms with Crippen molar-refractivity contribution in [2.45, 2.75) is 115 Å². The lowest BCUT2D eigenvalue weighted by atomic mass is 10.0. The minimum Gasteiger partial charge on any atom is -0.481 e.